The summed E-state index contributed by atoms with van der Waals surface area (Å²) in [4.78, 5) is 10.4. The van der Waals surface area contributed by atoms with Gasteiger partial charge in [0.2, 0.25) is 0 Å². The summed E-state index contributed by atoms with van der Waals surface area (Å²) in [7, 11) is 0. The van der Waals surface area contributed by atoms with Crippen LogP contribution < -0.4 is 5.32 Å². The molecule has 0 radical (unpaired) electrons. The lowest BCUT2D eigenvalue weighted by atomic mass is 10.1. The summed E-state index contributed by atoms with van der Waals surface area (Å²) in [5.41, 5.74) is 0.250. The van der Waals surface area contributed by atoms with Crippen LogP contribution >= 0.6 is 0 Å². The number of nitrogens with one attached hydrogen (secondary N) is 1. The van der Waals surface area contributed by atoms with Crippen LogP contribution in [0.15, 0.2) is 18.2 Å². The van der Waals surface area contributed by atoms with Crippen LogP contribution in [-0.2, 0) is 4.74 Å². The zero-order valence-electron chi connectivity index (χ0n) is 10.5. The van der Waals surface area contributed by atoms with E-state index in [2.05, 4.69) is 5.32 Å². The van der Waals surface area contributed by atoms with Gasteiger partial charge in [0.15, 0.2) is 0 Å². The highest BCUT2D eigenvalue weighted by Gasteiger charge is 2.21. The molecule has 1 aromatic rings. The molecule has 1 fully saturated rings. The molecule has 0 atom stereocenters. The lowest BCUT2D eigenvalue weighted by Crippen LogP contribution is -2.12. The second kappa shape index (κ2) is 6.16. The molecule has 0 aliphatic heterocycles. The number of hydrogen-bond acceptors (Lipinski definition) is 5. The van der Waals surface area contributed by atoms with Gasteiger partial charge in [0, 0.05) is 13.2 Å². The average Bonchev–Trinajstić information content (AvgIpc) is 3.21. The third kappa shape index (κ3) is 3.66. The number of rotatable bonds is 7. The Morgan fingerprint density at radius 3 is 2.95 bits per heavy atom. The number of anilines is 1. The molecule has 0 amide bonds. The van der Waals surface area contributed by atoms with E-state index in [9.17, 15) is 10.1 Å². The van der Waals surface area contributed by atoms with E-state index in [-0.39, 0.29) is 11.3 Å². The fraction of sp³-hybridized carbons (Fsp3) is 0.462. The van der Waals surface area contributed by atoms with E-state index in [4.69, 9.17) is 10.00 Å². The Bertz CT molecular complexity index is 506. The quantitative estimate of drug-likeness (QED) is 0.462. The summed E-state index contributed by atoms with van der Waals surface area (Å²) in [5.74, 6) is 0.705. The highest BCUT2D eigenvalue weighted by atomic mass is 16.6. The molecule has 1 aromatic carbocycles. The predicted octanol–water partition coefficient (Wildman–Crippen LogP) is 2.30. The molecule has 6 nitrogen and oxygen atoms in total. The average molecular weight is 261 g/mol. The van der Waals surface area contributed by atoms with Crippen LogP contribution in [0.5, 0.6) is 0 Å². The van der Waals surface area contributed by atoms with Gasteiger partial charge in [-0.15, -0.1) is 0 Å². The topological polar surface area (TPSA) is 88.2 Å². The van der Waals surface area contributed by atoms with Crippen LogP contribution in [-0.4, -0.2) is 24.7 Å². The van der Waals surface area contributed by atoms with Crippen LogP contribution in [0.25, 0.3) is 0 Å². The third-order valence-corrected chi connectivity index (χ3v) is 2.95. The maximum absolute atomic E-state index is 11.0. The van der Waals surface area contributed by atoms with E-state index in [1.807, 2.05) is 6.07 Å². The van der Waals surface area contributed by atoms with E-state index in [1.165, 1.54) is 18.9 Å². The smallest absolute Gasteiger partial charge is 0.309 e. The molecule has 1 aliphatic carbocycles. The molecule has 19 heavy (non-hydrogen) atoms. The second-order valence-electron chi connectivity index (χ2n) is 4.52. The summed E-state index contributed by atoms with van der Waals surface area (Å²) in [6, 6.07) is 6.49. The molecule has 1 N–H and O–H groups in total. The van der Waals surface area contributed by atoms with Crippen molar-refractivity contribution in [3.8, 4) is 6.07 Å². The molecular formula is C13H15N3O3. The third-order valence-electron chi connectivity index (χ3n) is 2.95. The number of hydrogen-bond donors (Lipinski definition) is 1. The maximum Gasteiger partial charge on any atom is 0.309 e. The number of nitriles is 1. The molecule has 1 aliphatic rings. The van der Waals surface area contributed by atoms with Crippen molar-refractivity contribution in [1.29, 1.82) is 5.26 Å². The van der Waals surface area contributed by atoms with E-state index in [0.29, 0.717) is 24.8 Å². The molecule has 1 saturated carbocycles. The maximum atomic E-state index is 11.0. The Morgan fingerprint density at radius 2 is 2.32 bits per heavy atom. The zero-order chi connectivity index (χ0) is 13.7. The van der Waals surface area contributed by atoms with Crippen molar-refractivity contribution in [1.82, 2.24) is 0 Å². The van der Waals surface area contributed by atoms with Crippen LogP contribution in [0.3, 0.4) is 0 Å². The van der Waals surface area contributed by atoms with E-state index in [0.717, 1.165) is 6.61 Å². The van der Waals surface area contributed by atoms with Gasteiger partial charge in [-0.05, 0) is 30.9 Å². The molecule has 0 heterocycles. The van der Waals surface area contributed by atoms with Crippen molar-refractivity contribution in [2.75, 3.05) is 25.1 Å². The number of nitrogens with zero attached hydrogens (tertiary/aromatic N) is 2. The van der Waals surface area contributed by atoms with E-state index < -0.39 is 4.92 Å². The Balaban J connectivity index is 1.91. The van der Waals surface area contributed by atoms with Gasteiger partial charge in [-0.1, -0.05) is 6.07 Å². The monoisotopic (exact) mass is 261 g/mol. The van der Waals surface area contributed by atoms with Crippen molar-refractivity contribution >= 4 is 11.4 Å². The Labute approximate surface area is 111 Å². The van der Waals surface area contributed by atoms with E-state index in [1.54, 1.807) is 12.1 Å². The van der Waals surface area contributed by atoms with Crippen LogP contribution in [0.2, 0.25) is 0 Å². The fourth-order valence-electron chi connectivity index (χ4n) is 1.77. The molecule has 6 heteroatoms. The highest BCUT2D eigenvalue weighted by molar-refractivity contribution is 5.68. The van der Waals surface area contributed by atoms with Crippen molar-refractivity contribution in [3.63, 3.8) is 0 Å². The Kier molecular flexibility index (Phi) is 4.31. The summed E-state index contributed by atoms with van der Waals surface area (Å²) >= 11 is 0. The van der Waals surface area contributed by atoms with Crippen LogP contribution in [0.1, 0.15) is 18.4 Å². The normalized spacial score (nSPS) is 13.8. The number of para-hydroxylation sites is 1. The van der Waals surface area contributed by atoms with Crippen molar-refractivity contribution in [2.24, 2.45) is 5.92 Å². The number of benzene rings is 1. The first kappa shape index (κ1) is 13.3. The largest absolute Gasteiger partial charge is 0.379 e. The molecule has 2 rings (SSSR count). The molecule has 0 aromatic heterocycles. The standard InChI is InChI=1S/C13H15N3O3/c14-8-11-2-1-3-12(13(11)16(17)18)15-6-7-19-9-10-4-5-10/h1-3,10,15H,4-7,9H2. The van der Waals surface area contributed by atoms with Gasteiger partial charge in [-0.2, -0.15) is 5.26 Å². The van der Waals surface area contributed by atoms with Crippen molar-refractivity contribution in [2.45, 2.75) is 12.8 Å². The van der Waals surface area contributed by atoms with Gasteiger partial charge >= 0.3 is 5.69 Å². The molecule has 100 valence electrons. The molecule has 0 saturated heterocycles. The first-order valence-corrected chi connectivity index (χ1v) is 6.21. The fourth-order valence-corrected chi connectivity index (χ4v) is 1.77. The zero-order valence-corrected chi connectivity index (χ0v) is 10.5. The predicted molar refractivity (Wildman–Crippen MR) is 69.8 cm³/mol. The minimum Gasteiger partial charge on any atom is -0.379 e. The van der Waals surface area contributed by atoms with Crippen LogP contribution in [0.4, 0.5) is 11.4 Å². The number of nitro benzene ring substituents is 1. The molecule has 0 spiro atoms. The summed E-state index contributed by atoms with van der Waals surface area (Å²) < 4.78 is 5.44. The van der Waals surface area contributed by atoms with Gasteiger partial charge in [0.1, 0.15) is 17.3 Å². The summed E-state index contributed by atoms with van der Waals surface area (Å²) in [6.45, 7) is 1.76. The minimum absolute atomic E-state index is 0.0638. The molecule has 0 unspecified atom stereocenters. The van der Waals surface area contributed by atoms with Crippen LogP contribution in [0, 0.1) is 27.4 Å². The summed E-state index contributed by atoms with van der Waals surface area (Å²) in [5, 5.41) is 22.8. The highest BCUT2D eigenvalue weighted by Crippen LogP contribution is 2.29. The second-order valence-corrected chi connectivity index (χ2v) is 4.52. The Hall–Kier alpha value is -2.13. The van der Waals surface area contributed by atoms with Gasteiger partial charge in [0.05, 0.1) is 11.5 Å². The first-order valence-electron chi connectivity index (χ1n) is 6.21. The SMILES string of the molecule is N#Cc1cccc(NCCOCC2CC2)c1[N+](=O)[O-]. The Morgan fingerprint density at radius 1 is 1.53 bits per heavy atom. The number of ether oxygens (including phenoxy) is 1. The van der Waals surface area contributed by atoms with Gasteiger partial charge < -0.3 is 10.1 Å². The molecule has 0 bridgehead atoms. The molecular weight excluding hydrogens is 246 g/mol. The lowest BCUT2D eigenvalue weighted by Gasteiger charge is -2.08. The van der Waals surface area contributed by atoms with E-state index >= 15 is 0 Å². The first-order chi connectivity index (χ1) is 9.22. The lowest BCUT2D eigenvalue weighted by molar-refractivity contribution is -0.384. The van der Waals surface area contributed by atoms with Crippen molar-refractivity contribution in [3.05, 3.63) is 33.9 Å². The van der Waals surface area contributed by atoms with Crippen molar-refractivity contribution < 1.29 is 9.66 Å². The van der Waals surface area contributed by atoms with Gasteiger partial charge in [-0.3, -0.25) is 10.1 Å². The van der Waals surface area contributed by atoms with Gasteiger partial charge in [-0.25, -0.2) is 0 Å². The van der Waals surface area contributed by atoms with Gasteiger partial charge in [0.25, 0.3) is 0 Å². The minimum atomic E-state index is -0.536. The summed E-state index contributed by atoms with van der Waals surface area (Å²) in [6.07, 6.45) is 2.48. The number of nitro groups is 1.